The second kappa shape index (κ2) is 8.10. The molecule has 2 aliphatic rings. The van der Waals surface area contributed by atoms with E-state index < -0.39 is 11.4 Å². The first-order valence-electron chi connectivity index (χ1n) is 10.0. The second-order valence-electron chi connectivity index (χ2n) is 7.00. The average molecular weight is 418 g/mol. The summed E-state index contributed by atoms with van der Waals surface area (Å²) in [5.41, 5.74) is 1.70. The summed E-state index contributed by atoms with van der Waals surface area (Å²) in [5.74, 6) is -1.30. The summed E-state index contributed by atoms with van der Waals surface area (Å²) < 4.78 is 11.4. The van der Waals surface area contributed by atoms with Crippen LogP contribution in [0.5, 0.6) is 5.75 Å². The molecule has 0 fully saturated rings. The van der Waals surface area contributed by atoms with E-state index >= 15 is 0 Å². The van der Waals surface area contributed by atoms with Gasteiger partial charge in [0.1, 0.15) is 16.8 Å². The summed E-state index contributed by atoms with van der Waals surface area (Å²) in [6, 6.07) is 14.2. The number of hydrogen-bond donors (Lipinski definition) is 1. The fourth-order valence-corrected chi connectivity index (χ4v) is 3.84. The maximum absolute atomic E-state index is 13.3. The lowest BCUT2D eigenvalue weighted by Gasteiger charge is -2.21. The molecule has 0 saturated carbocycles. The van der Waals surface area contributed by atoms with Gasteiger partial charge in [0.05, 0.1) is 12.7 Å². The third-order valence-electron chi connectivity index (χ3n) is 5.34. The molecule has 0 spiro atoms. The first-order valence-corrected chi connectivity index (χ1v) is 10.0. The second-order valence-corrected chi connectivity index (χ2v) is 7.00. The Morgan fingerprint density at radius 3 is 2.45 bits per heavy atom. The zero-order valence-corrected chi connectivity index (χ0v) is 17.5. The van der Waals surface area contributed by atoms with Crippen molar-refractivity contribution in [3.05, 3.63) is 64.3 Å². The SMILES string of the molecule is CCN(CC)c1ccc2nc3c(C(=O)O)c(-c4ccccc4)c(=O)c(OC)c-3oc2c1. The Kier molecular flexibility index (Phi) is 5.33. The number of anilines is 1. The van der Waals surface area contributed by atoms with Crippen molar-refractivity contribution >= 4 is 22.8 Å². The van der Waals surface area contributed by atoms with Crippen LogP contribution in [0.2, 0.25) is 0 Å². The third-order valence-corrected chi connectivity index (χ3v) is 5.34. The molecule has 0 radical (unpaired) electrons. The topological polar surface area (TPSA) is 92.9 Å². The summed E-state index contributed by atoms with van der Waals surface area (Å²) in [6.45, 7) is 5.75. The molecule has 2 aromatic rings. The Bertz CT molecular complexity index is 1290. The largest absolute Gasteiger partial charge is 0.490 e. The number of nitrogens with zero attached hydrogens (tertiary/aromatic N) is 2. The number of methoxy groups -OCH3 is 1. The van der Waals surface area contributed by atoms with E-state index in [1.165, 1.54) is 7.11 Å². The molecular weight excluding hydrogens is 396 g/mol. The molecule has 7 nitrogen and oxygen atoms in total. The lowest BCUT2D eigenvalue weighted by molar-refractivity contribution is 0.0698. The van der Waals surface area contributed by atoms with E-state index in [1.807, 2.05) is 12.1 Å². The highest BCUT2D eigenvalue weighted by atomic mass is 16.5. The lowest BCUT2D eigenvalue weighted by atomic mass is 9.94. The summed E-state index contributed by atoms with van der Waals surface area (Å²) in [7, 11) is 1.36. The fraction of sp³-hybridized carbons (Fsp3) is 0.208. The Hall–Kier alpha value is -3.87. The molecule has 0 amide bonds. The van der Waals surface area contributed by atoms with Crippen molar-refractivity contribution in [2.24, 2.45) is 0 Å². The fourth-order valence-electron chi connectivity index (χ4n) is 3.84. The molecule has 31 heavy (non-hydrogen) atoms. The Labute approximate surface area is 178 Å². The molecule has 1 heterocycles. The Balaban J connectivity index is 2.11. The number of carbonyl (C=O) groups is 1. The molecule has 7 heteroatoms. The molecular formula is C24H22N2O5. The minimum Gasteiger partial charge on any atom is -0.490 e. The van der Waals surface area contributed by atoms with Gasteiger partial charge in [-0.05, 0) is 31.5 Å². The normalized spacial score (nSPS) is 11.1. The van der Waals surface area contributed by atoms with Crippen LogP contribution in [-0.4, -0.2) is 36.3 Å². The maximum Gasteiger partial charge on any atom is 0.338 e. The maximum atomic E-state index is 13.3. The van der Waals surface area contributed by atoms with E-state index in [2.05, 4.69) is 23.7 Å². The highest BCUT2D eigenvalue weighted by molar-refractivity contribution is 6.04. The number of carboxylic acids is 1. The first-order chi connectivity index (χ1) is 15.0. The molecule has 0 bridgehead atoms. The smallest absolute Gasteiger partial charge is 0.338 e. The van der Waals surface area contributed by atoms with Crippen molar-refractivity contribution in [1.29, 1.82) is 0 Å². The van der Waals surface area contributed by atoms with Crippen LogP contribution in [0.25, 0.3) is 33.7 Å². The number of hydrogen-bond acceptors (Lipinski definition) is 6. The van der Waals surface area contributed by atoms with E-state index in [9.17, 15) is 14.7 Å². The molecule has 0 saturated heterocycles. The van der Waals surface area contributed by atoms with Gasteiger partial charge < -0.3 is 19.2 Å². The number of rotatable bonds is 6. The predicted molar refractivity (Wildman–Crippen MR) is 119 cm³/mol. The lowest BCUT2D eigenvalue weighted by Crippen LogP contribution is -2.21. The molecule has 1 aliphatic heterocycles. The van der Waals surface area contributed by atoms with Crippen LogP contribution in [0.3, 0.4) is 0 Å². The molecule has 1 N–H and O–H groups in total. The zero-order chi connectivity index (χ0) is 22.1. The number of aromatic carboxylic acids is 1. The van der Waals surface area contributed by atoms with Gasteiger partial charge >= 0.3 is 5.97 Å². The van der Waals surface area contributed by atoms with E-state index in [-0.39, 0.29) is 28.3 Å². The molecule has 0 atom stereocenters. The number of benzene rings is 3. The van der Waals surface area contributed by atoms with E-state index in [1.54, 1.807) is 36.4 Å². The van der Waals surface area contributed by atoms with Crippen LogP contribution in [-0.2, 0) is 0 Å². The van der Waals surface area contributed by atoms with Gasteiger partial charge in [0.2, 0.25) is 11.2 Å². The van der Waals surface area contributed by atoms with Gasteiger partial charge in [0.25, 0.3) is 0 Å². The van der Waals surface area contributed by atoms with Crippen LogP contribution in [0.4, 0.5) is 5.69 Å². The predicted octanol–water partition coefficient (Wildman–Crippen LogP) is 4.51. The van der Waals surface area contributed by atoms with Crippen LogP contribution in [0.1, 0.15) is 24.2 Å². The van der Waals surface area contributed by atoms with Crippen molar-refractivity contribution in [3.63, 3.8) is 0 Å². The highest BCUT2D eigenvalue weighted by Crippen LogP contribution is 2.38. The summed E-state index contributed by atoms with van der Waals surface area (Å²) in [5, 5.41) is 10.00. The average Bonchev–Trinajstić information content (AvgIpc) is 2.78. The number of aromatic nitrogens is 1. The van der Waals surface area contributed by atoms with Crippen molar-refractivity contribution in [1.82, 2.24) is 4.98 Å². The van der Waals surface area contributed by atoms with Gasteiger partial charge in [-0.15, -0.1) is 0 Å². The van der Waals surface area contributed by atoms with E-state index in [4.69, 9.17) is 9.15 Å². The first kappa shape index (κ1) is 20.4. The summed E-state index contributed by atoms with van der Waals surface area (Å²) in [6.07, 6.45) is 0. The van der Waals surface area contributed by atoms with Gasteiger partial charge in [0, 0.05) is 24.8 Å². The minimum atomic E-state index is -1.26. The molecule has 0 unspecified atom stereocenters. The number of carboxylic acid groups (broad SMARTS) is 1. The van der Waals surface area contributed by atoms with Gasteiger partial charge in [-0.3, -0.25) is 4.79 Å². The van der Waals surface area contributed by atoms with Crippen LogP contribution in [0, 0.1) is 0 Å². The monoisotopic (exact) mass is 418 g/mol. The quantitative estimate of drug-likeness (QED) is 0.460. The molecule has 4 rings (SSSR count). The van der Waals surface area contributed by atoms with Gasteiger partial charge in [-0.25, -0.2) is 9.78 Å². The van der Waals surface area contributed by atoms with Crippen molar-refractivity contribution in [3.8, 4) is 28.3 Å². The number of ether oxygens (including phenoxy) is 1. The molecule has 0 aromatic heterocycles. The van der Waals surface area contributed by atoms with Crippen LogP contribution >= 0.6 is 0 Å². The van der Waals surface area contributed by atoms with Gasteiger partial charge in [0.15, 0.2) is 11.3 Å². The standard InChI is InChI=1S/C24H22N2O5/c1-4-26(5-2)15-11-12-16-17(13-15)31-22-20(25-16)19(24(28)29)18(21(27)23(22)30-3)14-9-7-6-8-10-14/h6-13H,4-5H2,1-3H3,(H,28,29). The highest BCUT2D eigenvalue weighted by Gasteiger charge is 2.31. The zero-order valence-electron chi connectivity index (χ0n) is 17.5. The summed E-state index contributed by atoms with van der Waals surface area (Å²) >= 11 is 0. The van der Waals surface area contributed by atoms with Crippen molar-refractivity contribution in [2.75, 3.05) is 25.1 Å². The minimum absolute atomic E-state index is 0.0220. The van der Waals surface area contributed by atoms with Crippen molar-refractivity contribution < 1.29 is 19.1 Å². The van der Waals surface area contributed by atoms with Crippen LogP contribution in [0.15, 0.2) is 57.7 Å². The van der Waals surface area contributed by atoms with E-state index in [0.717, 1.165) is 18.8 Å². The molecule has 1 aliphatic carbocycles. The summed E-state index contributed by atoms with van der Waals surface area (Å²) in [4.78, 5) is 32.2. The third kappa shape index (κ3) is 3.38. The van der Waals surface area contributed by atoms with E-state index in [0.29, 0.717) is 16.7 Å². The number of fused-ring (bicyclic) bond motifs is 2. The van der Waals surface area contributed by atoms with Gasteiger partial charge in [-0.2, -0.15) is 0 Å². The van der Waals surface area contributed by atoms with Crippen LogP contribution < -0.4 is 15.1 Å². The molecule has 2 aromatic carbocycles. The Morgan fingerprint density at radius 2 is 1.84 bits per heavy atom. The Morgan fingerprint density at radius 1 is 1.13 bits per heavy atom. The van der Waals surface area contributed by atoms with Gasteiger partial charge in [-0.1, -0.05) is 30.3 Å². The molecule has 158 valence electrons. The van der Waals surface area contributed by atoms with Crippen molar-refractivity contribution in [2.45, 2.75) is 13.8 Å².